The molecule has 0 saturated heterocycles. The molecule has 1 amide bonds. The zero-order valence-electron chi connectivity index (χ0n) is 18.6. The van der Waals surface area contributed by atoms with Crippen LogP contribution in [0.2, 0.25) is 0 Å². The highest BCUT2D eigenvalue weighted by Gasteiger charge is 2.30. The van der Waals surface area contributed by atoms with Crippen molar-refractivity contribution in [3.05, 3.63) is 66.2 Å². The topological polar surface area (TPSA) is 79.4 Å². The number of fused-ring (bicyclic) bond motifs is 3. The van der Waals surface area contributed by atoms with Crippen LogP contribution >= 0.6 is 11.3 Å². The van der Waals surface area contributed by atoms with E-state index in [1.54, 1.807) is 19.2 Å². The number of carbonyl (C=O) groups is 1. The number of thiazole rings is 1. The predicted octanol–water partition coefficient (Wildman–Crippen LogP) is 5.76. The summed E-state index contributed by atoms with van der Waals surface area (Å²) in [4.78, 5) is 18.8. The Kier molecular flexibility index (Phi) is 5.05. The summed E-state index contributed by atoms with van der Waals surface area (Å²) in [6.07, 6.45) is 3.91. The van der Waals surface area contributed by atoms with E-state index in [1.807, 2.05) is 12.1 Å². The van der Waals surface area contributed by atoms with E-state index in [0.29, 0.717) is 10.7 Å². The molecule has 3 aromatic carbocycles. The van der Waals surface area contributed by atoms with Gasteiger partial charge in [-0.05, 0) is 47.9 Å². The molecule has 1 aromatic heterocycles. The van der Waals surface area contributed by atoms with E-state index in [2.05, 4.69) is 29.6 Å². The summed E-state index contributed by atoms with van der Waals surface area (Å²) in [5, 5.41) is 5.80. The SMILES string of the molecule is CN(C1CCCC1)S(=O)(=O)c1ccc(C(=O)Nc2nc3c(s2)-c2cccc4cccc-3c24)cc1. The smallest absolute Gasteiger partial charge is 0.257 e. The number of nitrogens with zero attached hydrogens (tertiary/aromatic N) is 2. The van der Waals surface area contributed by atoms with Gasteiger partial charge in [0.2, 0.25) is 10.0 Å². The van der Waals surface area contributed by atoms with Gasteiger partial charge >= 0.3 is 0 Å². The van der Waals surface area contributed by atoms with Crippen molar-refractivity contribution in [2.45, 2.75) is 36.6 Å². The highest BCUT2D eigenvalue weighted by molar-refractivity contribution is 7.89. The van der Waals surface area contributed by atoms with Crippen molar-refractivity contribution < 1.29 is 13.2 Å². The number of rotatable bonds is 5. The maximum Gasteiger partial charge on any atom is 0.257 e. The van der Waals surface area contributed by atoms with Crippen LogP contribution in [0.5, 0.6) is 0 Å². The monoisotopic (exact) mass is 489 g/mol. The minimum absolute atomic E-state index is 0.0517. The van der Waals surface area contributed by atoms with E-state index in [4.69, 9.17) is 4.98 Å². The summed E-state index contributed by atoms with van der Waals surface area (Å²) >= 11 is 1.45. The largest absolute Gasteiger partial charge is 0.298 e. The fraction of sp³-hybridized carbons (Fsp3) is 0.231. The number of nitrogens with one attached hydrogen (secondary N) is 1. The van der Waals surface area contributed by atoms with Crippen LogP contribution in [-0.4, -0.2) is 36.7 Å². The highest BCUT2D eigenvalue weighted by atomic mass is 32.2. The van der Waals surface area contributed by atoms with Gasteiger partial charge in [0.25, 0.3) is 5.91 Å². The Hall–Kier alpha value is -3.07. The third kappa shape index (κ3) is 3.36. The third-order valence-corrected chi connectivity index (χ3v) is 9.81. The zero-order valence-corrected chi connectivity index (χ0v) is 20.2. The zero-order chi connectivity index (χ0) is 23.4. The van der Waals surface area contributed by atoms with Crippen molar-refractivity contribution in [1.29, 1.82) is 0 Å². The molecular formula is C26H23N3O3S2. The molecule has 172 valence electrons. The van der Waals surface area contributed by atoms with Crippen molar-refractivity contribution in [2.24, 2.45) is 0 Å². The van der Waals surface area contributed by atoms with E-state index in [0.717, 1.165) is 47.4 Å². The molecule has 2 aliphatic rings. The third-order valence-electron chi connectivity index (χ3n) is 6.88. The fourth-order valence-corrected chi connectivity index (χ4v) is 7.47. The minimum Gasteiger partial charge on any atom is -0.298 e. The van der Waals surface area contributed by atoms with E-state index < -0.39 is 10.0 Å². The highest BCUT2D eigenvalue weighted by Crippen LogP contribution is 2.50. The van der Waals surface area contributed by atoms with Crippen LogP contribution in [0.4, 0.5) is 5.13 Å². The summed E-state index contributed by atoms with van der Waals surface area (Å²) in [6, 6.07) is 18.6. The Morgan fingerprint density at radius 2 is 1.68 bits per heavy atom. The average Bonchev–Trinajstić information content (AvgIpc) is 3.58. The second-order valence-corrected chi connectivity index (χ2v) is 11.8. The molecule has 1 heterocycles. The molecule has 8 heteroatoms. The van der Waals surface area contributed by atoms with Gasteiger partial charge in [-0.1, -0.05) is 60.6 Å². The van der Waals surface area contributed by atoms with Crippen LogP contribution in [0.1, 0.15) is 36.0 Å². The number of aromatic nitrogens is 1. The summed E-state index contributed by atoms with van der Waals surface area (Å²) in [5.74, 6) is -0.313. The summed E-state index contributed by atoms with van der Waals surface area (Å²) in [5.41, 5.74) is 3.51. The standard InChI is InChI=1S/C26H23N3O3S2/c1-29(18-8-2-3-9-18)34(31,32)19-14-12-17(13-15-19)25(30)28-26-27-23-20-10-4-6-16-7-5-11-21(22(16)20)24(23)33-26/h4-7,10-15,18H,2-3,8-9H2,1H3,(H,27,28,30). The minimum atomic E-state index is -3.58. The van der Waals surface area contributed by atoms with Gasteiger partial charge in [-0.15, -0.1) is 0 Å². The normalized spacial score (nSPS) is 15.2. The van der Waals surface area contributed by atoms with Crippen LogP contribution in [0.15, 0.2) is 65.6 Å². The molecule has 1 N–H and O–H groups in total. The first-order chi connectivity index (χ1) is 16.4. The molecule has 0 unspecified atom stereocenters. The maximum absolute atomic E-state index is 13.0. The number of sulfonamides is 1. The maximum atomic E-state index is 13.0. The Morgan fingerprint density at radius 1 is 1.00 bits per heavy atom. The first-order valence-electron chi connectivity index (χ1n) is 11.4. The molecular weight excluding hydrogens is 466 g/mol. The molecule has 1 saturated carbocycles. The average molecular weight is 490 g/mol. The van der Waals surface area contributed by atoms with Crippen LogP contribution in [-0.2, 0) is 10.0 Å². The van der Waals surface area contributed by atoms with Gasteiger partial charge in [0.1, 0.15) is 0 Å². The first kappa shape index (κ1) is 21.5. The quantitative estimate of drug-likeness (QED) is 0.340. The lowest BCUT2D eigenvalue weighted by Gasteiger charge is -2.23. The van der Waals surface area contributed by atoms with Gasteiger partial charge in [-0.2, -0.15) is 4.31 Å². The van der Waals surface area contributed by atoms with Gasteiger partial charge in [0.15, 0.2) is 5.13 Å². The van der Waals surface area contributed by atoms with Crippen molar-refractivity contribution in [2.75, 3.05) is 12.4 Å². The van der Waals surface area contributed by atoms with Gasteiger partial charge in [0, 0.05) is 29.8 Å². The summed E-state index contributed by atoms with van der Waals surface area (Å²) < 4.78 is 27.4. The first-order valence-corrected chi connectivity index (χ1v) is 13.6. The Bertz CT molecular complexity index is 1480. The van der Waals surface area contributed by atoms with Crippen LogP contribution in [0.25, 0.3) is 32.5 Å². The molecule has 0 bridgehead atoms. The lowest BCUT2D eigenvalue weighted by atomic mass is 10.0. The molecule has 0 spiro atoms. The number of amides is 1. The Labute approximate surface area is 202 Å². The number of hydrogen-bond donors (Lipinski definition) is 1. The summed E-state index contributed by atoms with van der Waals surface area (Å²) in [7, 11) is -1.93. The van der Waals surface area contributed by atoms with E-state index in [1.165, 1.54) is 38.5 Å². The second-order valence-electron chi connectivity index (χ2n) is 8.84. The van der Waals surface area contributed by atoms with Gasteiger partial charge in [-0.25, -0.2) is 13.4 Å². The molecule has 4 aromatic rings. The van der Waals surface area contributed by atoms with Crippen LogP contribution in [0.3, 0.4) is 0 Å². The summed E-state index contributed by atoms with van der Waals surface area (Å²) in [6.45, 7) is 0. The Balaban J connectivity index is 1.22. The van der Waals surface area contributed by atoms with Crippen LogP contribution in [0, 0.1) is 0 Å². The fourth-order valence-electron chi connectivity index (χ4n) is 5.04. The molecule has 0 atom stereocenters. The number of anilines is 1. The second kappa shape index (κ2) is 8.01. The van der Waals surface area contributed by atoms with E-state index in [-0.39, 0.29) is 16.8 Å². The van der Waals surface area contributed by atoms with Crippen molar-refractivity contribution >= 4 is 43.2 Å². The molecule has 0 radical (unpaired) electrons. The lowest BCUT2D eigenvalue weighted by molar-refractivity contribution is 0.102. The van der Waals surface area contributed by atoms with Gasteiger partial charge in [-0.3, -0.25) is 10.1 Å². The molecule has 34 heavy (non-hydrogen) atoms. The predicted molar refractivity (Wildman–Crippen MR) is 136 cm³/mol. The van der Waals surface area contributed by atoms with Crippen molar-refractivity contribution in [3.63, 3.8) is 0 Å². The van der Waals surface area contributed by atoms with E-state index >= 15 is 0 Å². The lowest BCUT2D eigenvalue weighted by Crippen LogP contribution is -2.35. The Morgan fingerprint density at radius 3 is 2.38 bits per heavy atom. The molecule has 6 nitrogen and oxygen atoms in total. The number of benzene rings is 3. The van der Waals surface area contributed by atoms with Crippen LogP contribution < -0.4 is 5.32 Å². The van der Waals surface area contributed by atoms with E-state index in [9.17, 15) is 13.2 Å². The van der Waals surface area contributed by atoms with Gasteiger partial charge < -0.3 is 0 Å². The molecule has 0 aliphatic heterocycles. The molecule has 1 fully saturated rings. The number of hydrogen-bond acceptors (Lipinski definition) is 5. The van der Waals surface area contributed by atoms with Gasteiger partial charge in [0.05, 0.1) is 15.5 Å². The van der Waals surface area contributed by atoms with Crippen molar-refractivity contribution in [3.8, 4) is 21.7 Å². The molecule has 6 rings (SSSR count). The van der Waals surface area contributed by atoms with Crippen molar-refractivity contribution in [1.82, 2.24) is 9.29 Å². The number of carbonyl (C=O) groups excluding carboxylic acids is 1. The molecule has 2 aliphatic carbocycles.